The van der Waals surface area contributed by atoms with E-state index in [1.54, 1.807) is 12.0 Å². The molecule has 0 spiro atoms. The van der Waals surface area contributed by atoms with Crippen molar-refractivity contribution in [2.75, 3.05) is 78.5 Å². The molecule has 186 valence electrons. The van der Waals surface area contributed by atoms with Gasteiger partial charge in [-0.15, -0.1) is 0 Å². The molecule has 1 aliphatic rings. The predicted octanol–water partition coefficient (Wildman–Crippen LogP) is 2.51. The molecule has 8 nitrogen and oxygen atoms in total. The Balaban J connectivity index is 1.29. The van der Waals surface area contributed by atoms with E-state index in [9.17, 15) is 4.79 Å². The summed E-state index contributed by atoms with van der Waals surface area (Å²) in [4.78, 5) is 25.4. The van der Waals surface area contributed by atoms with Crippen LogP contribution >= 0.6 is 0 Å². The number of rotatable bonds is 12. The van der Waals surface area contributed by atoms with E-state index >= 15 is 0 Å². The molecule has 1 aromatic carbocycles. The van der Waals surface area contributed by atoms with Gasteiger partial charge in [0, 0.05) is 84.6 Å². The number of nitrogens with one attached hydrogen (secondary N) is 1. The smallest absolute Gasteiger partial charge is 0.317 e. The third-order valence-electron chi connectivity index (χ3n) is 6.25. The number of ether oxygens (including phenoxy) is 1. The van der Waals surface area contributed by atoms with Gasteiger partial charge in [0.2, 0.25) is 0 Å². The van der Waals surface area contributed by atoms with Gasteiger partial charge in [-0.2, -0.15) is 0 Å². The number of hydrogen-bond acceptors (Lipinski definition) is 6. The van der Waals surface area contributed by atoms with Crippen molar-refractivity contribution in [1.29, 1.82) is 0 Å². The number of amides is 2. The summed E-state index contributed by atoms with van der Waals surface area (Å²) in [6, 6.07) is 12.6. The van der Waals surface area contributed by atoms with Gasteiger partial charge in [0.05, 0.1) is 6.61 Å². The molecule has 0 bridgehead atoms. The first-order valence-electron chi connectivity index (χ1n) is 12.2. The van der Waals surface area contributed by atoms with Crippen LogP contribution in [0.2, 0.25) is 0 Å². The predicted molar refractivity (Wildman–Crippen MR) is 137 cm³/mol. The number of carbonyl (C=O) groups is 1. The van der Waals surface area contributed by atoms with Crippen LogP contribution in [0.25, 0.3) is 0 Å². The van der Waals surface area contributed by atoms with Crippen LogP contribution in [0.1, 0.15) is 17.5 Å². The standard InChI is InChI=1S/C26H40N6O2/c1-29(19-20-34-3)21-23-5-7-24(8-6-23)22-30(2)26(33)28-11-4-14-31-15-17-32(18-16-31)25-9-12-27-13-10-25/h5-10,12-13H,4,11,14-22H2,1-3H3,(H,28,33). The van der Waals surface area contributed by atoms with E-state index in [-0.39, 0.29) is 6.03 Å². The van der Waals surface area contributed by atoms with Crippen molar-refractivity contribution < 1.29 is 9.53 Å². The van der Waals surface area contributed by atoms with Crippen LogP contribution < -0.4 is 10.2 Å². The van der Waals surface area contributed by atoms with Gasteiger partial charge < -0.3 is 19.9 Å². The van der Waals surface area contributed by atoms with Crippen LogP contribution in [0.3, 0.4) is 0 Å². The summed E-state index contributed by atoms with van der Waals surface area (Å²) < 4.78 is 5.13. The van der Waals surface area contributed by atoms with Gasteiger partial charge in [-0.25, -0.2) is 4.79 Å². The van der Waals surface area contributed by atoms with Crippen LogP contribution in [0.4, 0.5) is 10.5 Å². The fourth-order valence-electron chi connectivity index (χ4n) is 4.15. The van der Waals surface area contributed by atoms with E-state index in [0.29, 0.717) is 13.1 Å². The molecule has 1 N–H and O–H groups in total. The summed E-state index contributed by atoms with van der Waals surface area (Å²) >= 11 is 0. The molecule has 0 aliphatic carbocycles. The number of likely N-dealkylation sites (N-methyl/N-ethyl adjacent to an activating group) is 1. The maximum Gasteiger partial charge on any atom is 0.317 e. The minimum Gasteiger partial charge on any atom is -0.383 e. The second-order valence-electron chi connectivity index (χ2n) is 9.02. The fraction of sp³-hybridized carbons (Fsp3) is 0.538. The molecule has 1 aliphatic heterocycles. The monoisotopic (exact) mass is 468 g/mol. The summed E-state index contributed by atoms with van der Waals surface area (Å²) in [6.45, 7) is 8.99. The largest absolute Gasteiger partial charge is 0.383 e. The van der Waals surface area contributed by atoms with Crippen LogP contribution in [0.5, 0.6) is 0 Å². The molecule has 0 saturated carbocycles. The summed E-state index contributed by atoms with van der Waals surface area (Å²) in [5, 5.41) is 3.06. The van der Waals surface area contributed by atoms with Crippen molar-refractivity contribution in [2.24, 2.45) is 0 Å². The molecule has 2 amide bonds. The van der Waals surface area contributed by atoms with E-state index in [4.69, 9.17) is 4.74 Å². The van der Waals surface area contributed by atoms with Crippen LogP contribution in [-0.4, -0.2) is 99.3 Å². The van der Waals surface area contributed by atoms with Gasteiger partial charge >= 0.3 is 6.03 Å². The van der Waals surface area contributed by atoms with Crippen molar-refractivity contribution in [3.8, 4) is 0 Å². The first kappa shape index (κ1) is 25.9. The van der Waals surface area contributed by atoms with Crippen molar-refractivity contribution in [3.63, 3.8) is 0 Å². The number of carbonyl (C=O) groups excluding carboxylic acids is 1. The van der Waals surface area contributed by atoms with E-state index in [1.165, 1.54) is 11.3 Å². The molecule has 0 unspecified atom stereocenters. The van der Waals surface area contributed by atoms with Gasteiger partial charge in [0.25, 0.3) is 0 Å². The Morgan fingerprint density at radius 2 is 1.65 bits per heavy atom. The zero-order valence-electron chi connectivity index (χ0n) is 20.9. The van der Waals surface area contributed by atoms with Crippen molar-refractivity contribution >= 4 is 11.7 Å². The topological polar surface area (TPSA) is 64.2 Å². The molecule has 2 aromatic rings. The Labute approximate surface area is 204 Å². The van der Waals surface area contributed by atoms with Gasteiger partial charge in [-0.05, 0) is 43.3 Å². The quantitative estimate of drug-likeness (QED) is 0.483. The number of aromatic nitrogens is 1. The average molecular weight is 469 g/mol. The van der Waals surface area contributed by atoms with E-state index < -0.39 is 0 Å². The lowest BCUT2D eigenvalue weighted by molar-refractivity contribution is 0.158. The minimum atomic E-state index is -0.0223. The molecule has 1 aromatic heterocycles. The first-order valence-corrected chi connectivity index (χ1v) is 12.2. The highest BCUT2D eigenvalue weighted by Gasteiger charge is 2.17. The van der Waals surface area contributed by atoms with Gasteiger partial charge in [-0.3, -0.25) is 14.8 Å². The Bertz CT molecular complexity index is 840. The number of methoxy groups -OCH3 is 1. The Morgan fingerprint density at radius 1 is 1.00 bits per heavy atom. The molecule has 0 atom stereocenters. The zero-order valence-corrected chi connectivity index (χ0v) is 20.9. The highest BCUT2D eigenvalue weighted by molar-refractivity contribution is 5.73. The molecule has 1 saturated heterocycles. The van der Waals surface area contributed by atoms with Crippen molar-refractivity contribution in [3.05, 3.63) is 59.9 Å². The Morgan fingerprint density at radius 3 is 2.29 bits per heavy atom. The van der Waals surface area contributed by atoms with Crippen molar-refractivity contribution in [1.82, 2.24) is 25.0 Å². The first-order chi connectivity index (χ1) is 16.5. The number of benzene rings is 1. The molecule has 1 fully saturated rings. The number of urea groups is 1. The molecule has 0 radical (unpaired) electrons. The lowest BCUT2D eigenvalue weighted by atomic mass is 10.1. The SMILES string of the molecule is COCCN(C)Cc1ccc(CN(C)C(=O)NCCCN2CCN(c3ccncc3)CC2)cc1. The second kappa shape index (κ2) is 13.9. The highest BCUT2D eigenvalue weighted by Crippen LogP contribution is 2.14. The molecular weight excluding hydrogens is 428 g/mol. The summed E-state index contributed by atoms with van der Waals surface area (Å²) in [6.07, 6.45) is 4.65. The fourth-order valence-corrected chi connectivity index (χ4v) is 4.15. The zero-order chi connectivity index (χ0) is 24.2. The Kier molecular flexibility index (Phi) is 10.6. The maximum atomic E-state index is 12.5. The van der Waals surface area contributed by atoms with E-state index in [0.717, 1.165) is 64.4 Å². The number of piperazine rings is 1. The third-order valence-corrected chi connectivity index (χ3v) is 6.25. The normalized spacial score (nSPS) is 14.4. The number of pyridine rings is 1. The van der Waals surface area contributed by atoms with E-state index in [1.807, 2.05) is 19.4 Å². The maximum absolute atomic E-state index is 12.5. The molecular formula is C26H40N6O2. The number of anilines is 1. The van der Waals surface area contributed by atoms with Gasteiger partial charge in [-0.1, -0.05) is 24.3 Å². The number of hydrogen-bond donors (Lipinski definition) is 1. The highest BCUT2D eigenvalue weighted by atomic mass is 16.5. The molecule has 2 heterocycles. The summed E-state index contributed by atoms with van der Waals surface area (Å²) in [5.41, 5.74) is 3.64. The second-order valence-corrected chi connectivity index (χ2v) is 9.02. The van der Waals surface area contributed by atoms with Gasteiger partial charge in [0.15, 0.2) is 0 Å². The third kappa shape index (κ3) is 8.59. The summed E-state index contributed by atoms with van der Waals surface area (Å²) in [5.74, 6) is 0. The lowest BCUT2D eigenvalue weighted by Gasteiger charge is -2.36. The van der Waals surface area contributed by atoms with Crippen molar-refractivity contribution in [2.45, 2.75) is 19.5 Å². The summed E-state index contributed by atoms with van der Waals surface area (Å²) in [7, 11) is 5.66. The molecule has 8 heteroatoms. The van der Waals surface area contributed by atoms with Crippen LogP contribution in [0.15, 0.2) is 48.8 Å². The number of nitrogens with zero attached hydrogens (tertiary/aromatic N) is 5. The Hall–Kier alpha value is -2.68. The van der Waals surface area contributed by atoms with Gasteiger partial charge in [0.1, 0.15) is 0 Å². The molecule has 3 rings (SSSR count). The lowest BCUT2D eigenvalue weighted by Crippen LogP contribution is -2.47. The average Bonchev–Trinajstić information content (AvgIpc) is 2.87. The molecule has 34 heavy (non-hydrogen) atoms. The van der Waals surface area contributed by atoms with Crippen LogP contribution in [-0.2, 0) is 17.8 Å². The van der Waals surface area contributed by atoms with Crippen LogP contribution in [0, 0.1) is 0 Å². The minimum absolute atomic E-state index is 0.0223. The van der Waals surface area contributed by atoms with E-state index in [2.05, 4.69) is 68.4 Å².